The predicted molar refractivity (Wildman–Crippen MR) is 63.5 cm³/mol. The van der Waals surface area contributed by atoms with Gasteiger partial charge in [0.25, 0.3) is 0 Å². The lowest BCUT2D eigenvalue weighted by Gasteiger charge is -2.03. The molecule has 0 bridgehead atoms. The summed E-state index contributed by atoms with van der Waals surface area (Å²) in [5, 5.41) is 5.40. The molecular weight excluding hydrogens is 208 g/mol. The van der Waals surface area contributed by atoms with Crippen LogP contribution in [-0.4, -0.2) is 18.1 Å². The van der Waals surface area contributed by atoms with Crippen LogP contribution in [0.5, 0.6) is 0 Å². The Labute approximate surface area is 93.6 Å². The molecule has 78 valence electrons. The maximum absolute atomic E-state index is 5.96. The minimum atomic E-state index is 0.635. The largest absolute Gasteiger partial charge is 0.358 e. The first-order valence-electron chi connectivity index (χ1n) is 5.32. The highest BCUT2D eigenvalue weighted by Crippen LogP contribution is 2.27. The van der Waals surface area contributed by atoms with Crippen molar-refractivity contribution in [2.24, 2.45) is 0 Å². The van der Waals surface area contributed by atoms with Gasteiger partial charge in [-0.25, -0.2) is 0 Å². The lowest BCUT2D eigenvalue weighted by molar-refractivity contribution is 0.743. The van der Waals surface area contributed by atoms with Crippen molar-refractivity contribution < 1.29 is 0 Å². The Hall–Kier alpha value is -0.990. The quantitative estimate of drug-likeness (QED) is 0.760. The number of rotatable bonds is 1. The van der Waals surface area contributed by atoms with Crippen molar-refractivity contribution in [1.82, 2.24) is 10.3 Å². The molecule has 2 nitrogen and oxygen atoms in total. The Balaban J connectivity index is 2.05. The number of benzene rings is 1. The van der Waals surface area contributed by atoms with E-state index in [1.165, 1.54) is 23.0 Å². The van der Waals surface area contributed by atoms with Crippen molar-refractivity contribution in [2.75, 3.05) is 13.1 Å². The van der Waals surface area contributed by atoms with Crippen LogP contribution in [0.1, 0.15) is 18.0 Å². The van der Waals surface area contributed by atoms with Gasteiger partial charge in [0, 0.05) is 34.1 Å². The molecule has 1 aliphatic rings. The standard InChI is InChI=1S/C12H13ClN2/c13-10-1-2-11-9(5-10)6-12(15-11)8-3-4-14-7-8/h1-2,5-6,8,14-15H,3-4,7H2. The Morgan fingerprint density at radius 2 is 2.20 bits per heavy atom. The Kier molecular flexibility index (Phi) is 2.19. The number of aromatic amines is 1. The monoisotopic (exact) mass is 220 g/mol. The van der Waals surface area contributed by atoms with Gasteiger partial charge in [-0.3, -0.25) is 0 Å². The van der Waals surface area contributed by atoms with Gasteiger partial charge in [0.05, 0.1) is 0 Å². The first-order chi connectivity index (χ1) is 7.33. The van der Waals surface area contributed by atoms with Gasteiger partial charge in [0.15, 0.2) is 0 Å². The summed E-state index contributed by atoms with van der Waals surface area (Å²) in [5.74, 6) is 0.635. The summed E-state index contributed by atoms with van der Waals surface area (Å²) >= 11 is 5.96. The molecule has 1 fully saturated rings. The third-order valence-corrected chi connectivity index (χ3v) is 3.34. The molecule has 0 radical (unpaired) electrons. The van der Waals surface area contributed by atoms with Gasteiger partial charge in [-0.15, -0.1) is 0 Å². The van der Waals surface area contributed by atoms with Crippen molar-refractivity contribution in [2.45, 2.75) is 12.3 Å². The molecule has 15 heavy (non-hydrogen) atoms. The molecule has 1 aromatic heterocycles. The fourth-order valence-corrected chi connectivity index (χ4v) is 2.45. The Morgan fingerprint density at radius 1 is 1.27 bits per heavy atom. The third kappa shape index (κ3) is 1.64. The van der Waals surface area contributed by atoms with Crippen molar-refractivity contribution in [1.29, 1.82) is 0 Å². The Bertz CT molecular complexity index is 483. The number of aromatic nitrogens is 1. The second kappa shape index (κ2) is 3.54. The molecule has 1 saturated heterocycles. The van der Waals surface area contributed by atoms with Crippen LogP contribution in [0.25, 0.3) is 10.9 Å². The minimum Gasteiger partial charge on any atom is -0.358 e. The zero-order valence-corrected chi connectivity index (χ0v) is 9.14. The molecular formula is C12H13ClN2. The van der Waals surface area contributed by atoms with Crippen LogP contribution in [0.2, 0.25) is 5.02 Å². The van der Waals surface area contributed by atoms with Crippen LogP contribution in [0.3, 0.4) is 0 Å². The molecule has 1 unspecified atom stereocenters. The van der Waals surface area contributed by atoms with Gasteiger partial charge in [0.2, 0.25) is 0 Å². The molecule has 2 heterocycles. The van der Waals surface area contributed by atoms with E-state index in [1.54, 1.807) is 0 Å². The fourth-order valence-electron chi connectivity index (χ4n) is 2.27. The predicted octanol–water partition coefficient (Wildman–Crippen LogP) is 2.90. The van der Waals surface area contributed by atoms with E-state index in [0.29, 0.717) is 5.92 Å². The highest BCUT2D eigenvalue weighted by molar-refractivity contribution is 6.31. The summed E-state index contributed by atoms with van der Waals surface area (Å²) in [6.07, 6.45) is 1.22. The van der Waals surface area contributed by atoms with E-state index in [-0.39, 0.29) is 0 Å². The maximum Gasteiger partial charge on any atom is 0.0457 e. The van der Waals surface area contributed by atoms with Crippen LogP contribution in [0.4, 0.5) is 0 Å². The molecule has 0 saturated carbocycles. The molecule has 1 atom stereocenters. The lowest BCUT2D eigenvalue weighted by atomic mass is 10.1. The highest BCUT2D eigenvalue weighted by Gasteiger charge is 2.18. The first-order valence-corrected chi connectivity index (χ1v) is 5.69. The molecule has 0 amide bonds. The molecule has 0 aliphatic carbocycles. The minimum absolute atomic E-state index is 0.635. The topological polar surface area (TPSA) is 27.8 Å². The molecule has 1 aliphatic heterocycles. The number of H-pyrrole nitrogens is 1. The van der Waals surface area contributed by atoms with Crippen molar-refractivity contribution >= 4 is 22.5 Å². The van der Waals surface area contributed by atoms with Crippen molar-refractivity contribution in [3.8, 4) is 0 Å². The molecule has 2 N–H and O–H groups in total. The van der Waals surface area contributed by atoms with Gasteiger partial charge in [-0.05, 0) is 37.2 Å². The summed E-state index contributed by atoms with van der Waals surface area (Å²) in [4.78, 5) is 3.47. The van der Waals surface area contributed by atoms with E-state index in [2.05, 4.69) is 16.4 Å². The number of hydrogen-bond acceptors (Lipinski definition) is 1. The average Bonchev–Trinajstić information content (AvgIpc) is 2.84. The normalized spacial score (nSPS) is 21.3. The van der Waals surface area contributed by atoms with E-state index >= 15 is 0 Å². The summed E-state index contributed by atoms with van der Waals surface area (Å²) in [6.45, 7) is 2.21. The Morgan fingerprint density at radius 3 is 3.00 bits per heavy atom. The van der Waals surface area contributed by atoms with Crippen LogP contribution in [-0.2, 0) is 0 Å². The average molecular weight is 221 g/mol. The smallest absolute Gasteiger partial charge is 0.0457 e. The second-order valence-corrected chi connectivity index (χ2v) is 4.58. The van der Waals surface area contributed by atoms with E-state index < -0.39 is 0 Å². The van der Waals surface area contributed by atoms with Crippen LogP contribution < -0.4 is 5.32 Å². The summed E-state index contributed by atoms with van der Waals surface area (Å²) in [5.41, 5.74) is 2.51. The van der Waals surface area contributed by atoms with E-state index in [9.17, 15) is 0 Å². The number of hydrogen-bond donors (Lipinski definition) is 2. The lowest BCUT2D eigenvalue weighted by Crippen LogP contribution is -2.07. The molecule has 3 heteroatoms. The molecule has 2 aromatic rings. The van der Waals surface area contributed by atoms with Crippen LogP contribution >= 0.6 is 11.6 Å². The van der Waals surface area contributed by atoms with Gasteiger partial charge in [-0.2, -0.15) is 0 Å². The summed E-state index contributed by atoms with van der Waals surface area (Å²) in [7, 11) is 0. The van der Waals surface area contributed by atoms with Crippen LogP contribution in [0.15, 0.2) is 24.3 Å². The van der Waals surface area contributed by atoms with Crippen molar-refractivity contribution in [3.63, 3.8) is 0 Å². The van der Waals surface area contributed by atoms with Crippen LogP contribution in [0, 0.1) is 0 Å². The fraction of sp³-hybridized carbons (Fsp3) is 0.333. The molecule has 1 aromatic carbocycles. The molecule has 3 rings (SSSR count). The van der Waals surface area contributed by atoms with E-state index in [4.69, 9.17) is 11.6 Å². The third-order valence-electron chi connectivity index (χ3n) is 3.10. The summed E-state index contributed by atoms with van der Waals surface area (Å²) in [6, 6.07) is 8.21. The van der Waals surface area contributed by atoms with Gasteiger partial charge in [0.1, 0.15) is 0 Å². The number of fused-ring (bicyclic) bond motifs is 1. The second-order valence-electron chi connectivity index (χ2n) is 4.15. The van der Waals surface area contributed by atoms with Gasteiger partial charge >= 0.3 is 0 Å². The highest BCUT2D eigenvalue weighted by atomic mass is 35.5. The SMILES string of the molecule is Clc1ccc2[nH]c(C3CCNC3)cc2c1. The van der Waals surface area contributed by atoms with E-state index in [1.807, 2.05) is 18.2 Å². The maximum atomic E-state index is 5.96. The molecule has 0 spiro atoms. The number of halogens is 1. The van der Waals surface area contributed by atoms with E-state index in [0.717, 1.165) is 18.1 Å². The van der Waals surface area contributed by atoms with Gasteiger partial charge < -0.3 is 10.3 Å². The van der Waals surface area contributed by atoms with Crippen molar-refractivity contribution in [3.05, 3.63) is 35.0 Å². The first kappa shape index (κ1) is 9.25. The van der Waals surface area contributed by atoms with Gasteiger partial charge in [-0.1, -0.05) is 11.6 Å². The summed E-state index contributed by atoms with van der Waals surface area (Å²) < 4.78 is 0. The zero-order valence-electron chi connectivity index (χ0n) is 8.39. The zero-order chi connectivity index (χ0) is 10.3. The number of nitrogens with one attached hydrogen (secondary N) is 2.